The molecule has 0 aromatic carbocycles. The number of nitrogens with zero attached hydrogens (tertiary/aromatic N) is 2. The van der Waals surface area contributed by atoms with Gasteiger partial charge in [0.1, 0.15) is 11.6 Å². The highest BCUT2D eigenvalue weighted by Gasteiger charge is 2.12. The van der Waals surface area contributed by atoms with Gasteiger partial charge in [-0.15, -0.1) is 0 Å². The van der Waals surface area contributed by atoms with Crippen LogP contribution in [-0.2, 0) is 6.54 Å². The first kappa shape index (κ1) is 12.0. The number of carbonyl (C=O) groups excluding carboxylic acids is 1. The van der Waals surface area contributed by atoms with Crippen molar-refractivity contribution in [3.05, 3.63) is 47.9 Å². The molecule has 0 saturated carbocycles. The molecule has 6 nitrogen and oxygen atoms in total. The van der Waals surface area contributed by atoms with Crippen molar-refractivity contribution in [3.8, 4) is 5.75 Å². The maximum atomic E-state index is 11.8. The van der Waals surface area contributed by atoms with Crippen LogP contribution in [0.5, 0.6) is 5.75 Å². The summed E-state index contributed by atoms with van der Waals surface area (Å²) in [7, 11) is 0. The molecule has 1 amide bonds. The van der Waals surface area contributed by atoms with Crippen LogP contribution in [0.1, 0.15) is 16.1 Å². The molecular formula is C12H12N4O2. The first-order chi connectivity index (χ1) is 8.70. The van der Waals surface area contributed by atoms with Gasteiger partial charge >= 0.3 is 0 Å². The summed E-state index contributed by atoms with van der Waals surface area (Å²) in [4.78, 5) is 19.6. The fourth-order valence-electron chi connectivity index (χ4n) is 1.37. The van der Waals surface area contributed by atoms with Crippen LogP contribution >= 0.6 is 0 Å². The van der Waals surface area contributed by atoms with Gasteiger partial charge in [0.2, 0.25) is 0 Å². The van der Waals surface area contributed by atoms with Crippen LogP contribution in [0.4, 0.5) is 5.82 Å². The molecule has 2 rings (SSSR count). The fourth-order valence-corrected chi connectivity index (χ4v) is 1.37. The molecule has 0 atom stereocenters. The largest absolute Gasteiger partial charge is 0.505 e. The van der Waals surface area contributed by atoms with E-state index in [0.29, 0.717) is 12.4 Å². The maximum Gasteiger partial charge on any atom is 0.279 e. The molecule has 0 fully saturated rings. The quantitative estimate of drug-likeness (QED) is 0.744. The Hall–Kier alpha value is -2.47. The van der Waals surface area contributed by atoms with Crippen molar-refractivity contribution in [1.82, 2.24) is 9.97 Å². The number of anilines is 1. The fraction of sp³-hybridized carbons (Fsp3) is 0.0833. The highest BCUT2D eigenvalue weighted by Crippen LogP contribution is 2.14. The van der Waals surface area contributed by atoms with Crippen molar-refractivity contribution in [2.75, 3.05) is 5.32 Å². The minimum Gasteiger partial charge on any atom is -0.505 e. The summed E-state index contributed by atoms with van der Waals surface area (Å²) in [6.45, 7) is 0.391. The van der Waals surface area contributed by atoms with E-state index in [2.05, 4.69) is 15.3 Å². The van der Waals surface area contributed by atoms with Crippen LogP contribution in [0.2, 0.25) is 0 Å². The predicted octanol–water partition coefficient (Wildman–Crippen LogP) is 0.893. The number of pyridine rings is 2. The lowest BCUT2D eigenvalue weighted by atomic mass is 10.3. The number of aromatic hydroxyl groups is 1. The zero-order chi connectivity index (χ0) is 13.0. The van der Waals surface area contributed by atoms with Gasteiger partial charge in [-0.05, 0) is 23.8 Å². The molecular weight excluding hydrogens is 232 g/mol. The lowest BCUT2D eigenvalue weighted by Crippen LogP contribution is -2.14. The Morgan fingerprint density at radius 3 is 2.78 bits per heavy atom. The van der Waals surface area contributed by atoms with Crippen molar-refractivity contribution in [2.24, 2.45) is 5.73 Å². The average molecular weight is 244 g/mol. The maximum absolute atomic E-state index is 11.8. The number of hydrogen-bond donors (Lipinski definition) is 3. The Balaban J connectivity index is 2.14. The summed E-state index contributed by atoms with van der Waals surface area (Å²) in [6, 6.07) is 6.34. The van der Waals surface area contributed by atoms with Gasteiger partial charge in [-0.1, -0.05) is 6.07 Å². The summed E-state index contributed by atoms with van der Waals surface area (Å²) >= 11 is 0. The molecule has 18 heavy (non-hydrogen) atoms. The van der Waals surface area contributed by atoms with E-state index < -0.39 is 5.91 Å². The summed E-state index contributed by atoms with van der Waals surface area (Å²) in [5, 5.41) is 12.0. The number of nitrogens with two attached hydrogens (primary N) is 1. The molecule has 4 N–H and O–H groups in total. The molecule has 2 aromatic heterocycles. The molecule has 6 heteroatoms. The second-order valence-electron chi connectivity index (χ2n) is 3.58. The molecule has 0 unspecified atom stereocenters. The van der Waals surface area contributed by atoms with E-state index in [-0.39, 0.29) is 11.4 Å². The van der Waals surface area contributed by atoms with E-state index in [4.69, 9.17) is 5.73 Å². The minimum absolute atomic E-state index is 0.0396. The number of amides is 1. The molecule has 92 valence electrons. The van der Waals surface area contributed by atoms with E-state index in [9.17, 15) is 9.90 Å². The summed E-state index contributed by atoms with van der Waals surface area (Å²) < 4.78 is 0. The van der Waals surface area contributed by atoms with Crippen molar-refractivity contribution in [1.29, 1.82) is 0 Å². The molecule has 0 spiro atoms. The molecule has 0 saturated heterocycles. The van der Waals surface area contributed by atoms with Gasteiger partial charge in [0, 0.05) is 18.9 Å². The second-order valence-corrected chi connectivity index (χ2v) is 3.58. The number of rotatable bonds is 3. The first-order valence-corrected chi connectivity index (χ1v) is 5.31. The lowest BCUT2D eigenvalue weighted by molar-refractivity contribution is 0.101. The van der Waals surface area contributed by atoms with E-state index in [1.165, 1.54) is 12.3 Å². The highest BCUT2D eigenvalue weighted by atomic mass is 16.3. The van der Waals surface area contributed by atoms with Gasteiger partial charge in [-0.25, -0.2) is 9.97 Å². The summed E-state index contributed by atoms with van der Waals surface area (Å²) in [5.41, 5.74) is 6.27. The van der Waals surface area contributed by atoms with Gasteiger partial charge in [0.25, 0.3) is 5.91 Å². The Kier molecular flexibility index (Phi) is 3.49. The van der Waals surface area contributed by atoms with Gasteiger partial charge < -0.3 is 16.2 Å². The third-order valence-corrected chi connectivity index (χ3v) is 2.30. The van der Waals surface area contributed by atoms with Crippen molar-refractivity contribution in [3.63, 3.8) is 0 Å². The SMILES string of the molecule is NCc1ccc(NC(=O)c2ncccc2O)nc1. The molecule has 0 radical (unpaired) electrons. The monoisotopic (exact) mass is 244 g/mol. The van der Waals surface area contributed by atoms with Crippen LogP contribution in [-0.4, -0.2) is 21.0 Å². The summed E-state index contributed by atoms with van der Waals surface area (Å²) in [6.07, 6.45) is 3.01. The molecule has 0 aliphatic rings. The summed E-state index contributed by atoms with van der Waals surface area (Å²) in [5.74, 6) is -0.308. The topological polar surface area (TPSA) is 101 Å². The third kappa shape index (κ3) is 2.61. The van der Waals surface area contributed by atoms with Crippen molar-refractivity contribution in [2.45, 2.75) is 6.54 Å². The standard InChI is InChI=1S/C12H12N4O2/c13-6-8-3-4-10(15-7-8)16-12(18)11-9(17)2-1-5-14-11/h1-5,7,17H,6,13H2,(H,15,16,18). The number of hydrogen-bond acceptors (Lipinski definition) is 5. The lowest BCUT2D eigenvalue weighted by Gasteiger charge is -2.05. The molecule has 2 heterocycles. The van der Waals surface area contributed by atoms with Gasteiger partial charge in [-0.2, -0.15) is 0 Å². The van der Waals surface area contributed by atoms with Gasteiger partial charge in [-0.3, -0.25) is 4.79 Å². The van der Waals surface area contributed by atoms with Gasteiger partial charge in [0.15, 0.2) is 5.69 Å². The Morgan fingerprint density at radius 1 is 1.33 bits per heavy atom. The zero-order valence-corrected chi connectivity index (χ0v) is 9.50. The normalized spacial score (nSPS) is 10.1. The molecule has 0 bridgehead atoms. The zero-order valence-electron chi connectivity index (χ0n) is 9.50. The average Bonchev–Trinajstić information content (AvgIpc) is 2.40. The van der Waals surface area contributed by atoms with Crippen LogP contribution in [0.15, 0.2) is 36.7 Å². The third-order valence-electron chi connectivity index (χ3n) is 2.30. The smallest absolute Gasteiger partial charge is 0.279 e. The Bertz CT molecular complexity index is 554. The number of carbonyl (C=O) groups is 1. The highest BCUT2D eigenvalue weighted by molar-refractivity contribution is 6.04. The number of aromatic nitrogens is 2. The number of nitrogens with one attached hydrogen (secondary N) is 1. The second kappa shape index (κ2) is 5.24. The first-order valence-electron chi connectivity index (χ1n) is 5.31. The van der Waals surface area contributed by atoms with Gasteiger partial charge in [0.05, 0.1) is 0 Å². The minimum atomic E-state index is -0.513. The molecule has 0 aliphatic heterocycles. The molecule has 0 aliphatic carbocycles. The van der Waals surface area contributed by atoms with E-state index in [1.54, 1.807) is 24.4 Å². The predicted molar refractivity (Wildman–Crippen MR) is 66.0 cm³/mol. The van der Waals surface area contributed by atoms with Crippen molar-refractivity contribution < 1.29 is 9.90 Å². The van der Waals surface area contributed by atoms with E-state index in [1.807, 2.05) is 0 Å². The van der Waals surface area contributed by atoms with Crippen molar-refractivity contribution >= 4 is 11.7 Å². The van der Waals surface area contributed by atoms with Crippen LogP contribution in [0.3, 0.4) is 0 Å². The Labute approximate surface area is 104 Å². The van der Waals surface area contributed by atoms with Crippen LogP contribution in [0, 0.1) is 0 Å². The van der Waals surface area contributed by atoms with E-state index >= 15 is 0 Å². The van der Waals surface area contributed by atoms with E-state index in [0.717, 1.165) is 5.56 Å². The Morgan fingerprint density at radius 2 is 2.17 bits per heavy atom. The molecule has 2 aromatic rings. The van der Waals surface area contributed by atoms with Crippen LogP contribution < -0.4 is 11.1 Å². The van der Waals surface area contributed by atoms with Crippen LogP contribution in [0.25, 0.3) is 0 Å².